The van der Waals surface area contributed by atoms with E-state index in [1.54, 1.807) is 7.11 Å². The first-order chi connectivity index (χ1) is 15.6. The van der Waals surface area contributed by atoms with Gasteiger partial charge in [0.15, 0.2) is 11.5 Å². The third-order valence-corrected chi connectivity index (χ3v) is 6.78. The molecule has 32 heavy (non-hydrogen) atoms. The number of methoxy groups -OCH3 is 1. The van der Waals surface area contributed by atoms with E-state index in [4.69, 9.17) is 9.47 Å². The zero-order chi connectivity index (χ0) is 22.6. The summed E-state index contributed by atoms with van der Waals surface area (Å²) in [6.07, 6.45) is 9.99. The fraction of sp³-hybridized carbons (Fsp3) is 0.769. The molecule has 0 saturated carbocycles. The van der Waals surface area contributed by atoms with Crippen LogP contribution < -0.4 is 9.47 Å². The largest absolute Gasteiger partial charge is 0.493 e. The van der Waals surface area contributed by atoms with Crippen molar-refractivity contribution in [2.75, 3.05) is 66.6 Å². The molecule has 0 aliphatic carbocycles. The van der Waals surface area contributed by atoms with Crippen LogP contribution in [0.25, 0.3) is 0 Å². The van der Waals surface area contributed by atoms with Crippen molar-refractivity contribution in [3.63, 3.8) is 0 Å². The molecule has 1 aromatic rings. The van der Waals surface area contributed by atoms with Crippen molar-refractivity contribution in [1.29, 1.82) is 0 Å². The van der Waals surface area contributed by atoms with Crippen LogP contribution in [0.15, 0.2) is 18.2 Å². The van der Waals surface area contributed by atoms with E-state index in [1.165, 1.54) is 70.0 Å². The highest BCUT2D eigenvalue weighted by atomic mass is 16.5. The molecule has 182 valence electrons. The fourth-order valence-corrected chi connectivity index (χ4v) is 4.85. The number of likely N-dealkylation sites (tertiary alicyclic amines) is 2. The van der Waals surface area contributed by atoms with Gasteiger partial charge in [-0.15, -0.1) is 0 Å². The van der Waals surface area contributed by atoms with Gasteiger partial charge in [0, 0.05) is 26.2 Å². The number of likely N-dealkylation sites (N-methyl/N-ethyl adjacent to an activating group) is 1. The molecule has 0 aromatic heterocycles. The van der Waals surface area contributed by atoms with Gasteiger partial charge in [-0.3, -0.25) is 0 Å². The molecule has 1 aromatic carbocycles. The average Bonchev–Trinajstić information content (AvgIpc) is 2.79. The quantitative estimate of drug-likeness (QED) is 0.559. The first-order valence-corrected chi connectivity index (χ1v) is 12.7. The molecule has 0 amide bonds. The molecule has 0 radical (unpaired) electrons. The number of hydrogen-bond acceptors (Lipinski definition) is 6. The van der Waals surface area contributed by atoms with Crippen LogP contribution in [0.5, 0.6) is 11.5 Å². The number of piperidine rings is 1. The Morgan fingerprint density at radius 2 is 1.53 bits per heavy atom. The lowest BCUT2D eigenvalue weighted by atomic mass is 10.1. The monoisotopic (exact) mass is 447 g/mol. The fourth-order valence-electron chi connectivity index (χ4n) is 4.85. The molecule has 2 aliphatic rings. The Kier molecular flexibility index (Phi) is 11.1. The summed E-state index contributed by atoms with van der Waals surface area (Å²) < 4.78 is 11.5. The molecular formula is C26H45N3O3. The smallest absolute Gasteiger partial charge is 0.161 e. The summed E-state index contributed by atoms with van der Waals surface area (Å²) in [4.78, 5) is 7.34. The number of ether oxygens (including phenoxy) is 2. The molecular weight excluding hydrogens is 402 g/mol. The maximum absolute atomic E-state index is 10.6. The van der Waals surface area contributed by atoms with Crippen LogP contribution in [0.3, 0.4) is 0 Å². The zero-order valence-corrected chi connectivity index (χ0v) is 20.4. The predicted molar refractivity (Wildman–Crippen MR) is 131 cm³/mol. The number of benzene rings is 1. The van der Waals surface area contributed by atoms with E-state index in [-0.39, 0.29) is 0 Å². The Bertz CT molecular complexity index is 643. The first-order valence-electron chi connectivity index (χ1n) is 12.7. The Hall–Kier alpha value is -1.34. The highest BCUT2D eigenvalue weighted by molar-refractivity contribution is 5.43. The number of β-amino-alcohol motifs (C(OH)–C–C–N with tert-alkyl or cyclic N) is 1. The minimum Gasteiger partial charge on any atom is -0.493 e. The SMILES string of the molecule is COc1ccc(CN(C)CCN2CCCCC2)cc1OC[C@H](O)CN1CCCCCCC1. The molecule has 2 fully saturated rings. The van der Waals surface area contributed by atoms with E-state index in [0.29, 0.717) is 13.2 Å². The minimum absolute atomic E-state index is 0.293. The van der Waals surface area contributed by atoms with Crippen LogP contribution in [-0.4, -0.2) is 92.5 Å². The second-order valence-corrected chi connectivity index (χ2v) is 9.66. The lowest BCUT2D eigenvalue weighted by Gasteiger charge is -2.28. The van der Waals surface area contributed by atoms with Gasteiger partial charge >= 0.3 is 0 Å². The summed E-state index contributed by atoms with van der Waals surface area (Å²) in [7, 11) is 3.85. The maximum Gasteiger partial charge on any atom is 0.161 e. The highest BCUT2D eigenvalue weighted by Gasteiger charge is 2.16. The molecule has 1 atom stereocenters. The van der Waals surface area contributed by atoms with E-state index in [2.05, 4.69) is 33.9 Å². The van der Waals surface area contributed by atoms with Crippen molar-refractivity contribution in [2.45, 2.75) is 64.0 Å². The van der Waals surface area contributed by atoms with Crippen molar-refractivity contribution in [1.82, 2.24) is 14.7 Å². The summed E-state index contributed by atoms with van der Waals surface area (Å²) in [6.45, 7) is 8.71. The van der Waals surface area contributed by atoms with Gasteiger partial charge in [0.1, 0.15) is 12.7 Å². The summed E-state index contributed by atoms with van der Waals surface area (Å²) >= 11 is 0. The van der Waals surface area contributed by atoms with Crippen molar-refractivity contribution >= 4 is 0 Å². The molecule has 2 aliphatic heterocycles. The van der Waals surface area contributed by atoms with Crippen LogP contribution in [0.2, 0.25) is 0 Å². The van der Waals surface area contributed by atoms with Crippen molar-refractivity contribution < 1.29 is 14.6 Å². The average molecular weight is 448 g/mol. The molecule has 2 heterocycles. The van der Waals surface area contributed by atoms with Crippen molar-refractivity contribution in [2.24, 2.45) is 0 Å². The predicted octanol–water partition coefficient (Wildman–Crippen LogP) is 3.62. The van der Waals surface area contributed by atoms with Crippen LogP contribution >= 0.6 is 0 Å². The number of hydrogen-bond donors (Lipinski definition) is 1. The van der Waals surface area contributed by atoms with Crippen LogP contribution in [-0.2, 0) is 6.54 Å². The third kappa shape index (κ3) is 8.89. The van der Waals surface area contributed by atoms with Gasteiger partial charge in [-0.05, 0) is 76.6 Å². The minimum atomic E-state index is -0.491. The molecule has 0 unspecified atom stereocenters. The van der Waals surface area contributed by atoms with E-state index in [0.717, 1.165) is 44.2 Å². The van der Waals surface area contributed by atoms with E-state index >= 15 is 0 Å². The zero-order valence-electron chi connectivity index (χ0n) is 20.4. The molecule has 3 rings (SSSR count). The summed E-state index contributed by atoms with van der Waals surface area (Å²) in [5.41, 5.74) is 1.21. The van der Waals surface area contributed by atoms with Gasteiger partial charge in [-0.25, -0.2) is 0 Å². The number of rotatable bonds is 11. The van der Waals surface area contributed by atoms with E-state index in [1.807, 2.05) is 6.07 Å². The maximum atomic E-state index is 10.6. The van der Waals surface area contributed by atoms with Gasteiger partial charge in [-0.1, -0.05) is 31.7 Å². The standard InChI is InChI=1S/C26H45N3O3/c1-27(17-18-28-13-9-6-10-14-28)20-23-11-12-25(31-2)26(19-23)32-22-24(30)21-29-15-7-4-3-5-8-16-29/h11-12,19,24,30H,3-10,13-18,20-22H2,1-2H3/t24-/m1/s1. The number of aliphatic hydroxyl groups is 1. The molecule has 1 N–H and O–H groups in total. The Labute approximate surface area is 195 Å². The van der Waals surface area contributed by atoms with Crippen LogP contribution in [0, 0.1) is 0 Å². The van der Waals surface area contributed by atoms with Gasteiger partial charge in [-0.2, -0.15) is 0 Å². The van der Waals surface area contributed by atoms with E-state index < -0.39 is 6.10 Å². The summed E-state index contributed by atoms with van der Waals surface area (Å²) in [5.74, 6) is 1.45. The Balaban J connectivity index is 1.46. The summed E-state index contributed by atoms with van der Waals surface area (Å²) in [6, 6.07) is 6.16. The van der Waals surface area contributed by atoms with Crippen LogP contribution in [0.4, 0.5) is 0 Å². The molecule has 6 nitrogen and oxygen atoms in total. The lowest BCUT2D eigenvalue weighted by Crippen LogP contribution is -2.37. The van der Waals surface area contributed by atoms with Gasteiger partial charge in [0.25, 0.3) is 0 Å². The lowest BCUT2D eigenvalue weighted by molar-refractivity contribution is 0.0644. The third-order valence-electron chi connectivity index (χ3n) is 6.78. The molecule has 2 saturated heterocycles. The highest BCUT2D eigenvalue weighted by Crippen LogP contribution is 2.28. The van der Waals surface area contributed by atoms with Gasteiger partial charge in [0.2, 0.25) is 0 Å². The summed E-state index contributed by atoms with van der Waals surface area (Å²) in [5, 5.41) is 10.6. The van der Waals surface area contributed by atoms with Crippen molar-refractivity contribution in [3.8, 4) is 11.5 Å². The van der Waals surface area contributed by atoms with E-state index in [9.17, 15) is 5.11 Å². The van der Waals surface area contributed by atoms with Gasteiger partial charge in [0.05, 0.1) is 7.11 Å². The van der Waals surface area contributed by atoms with Crippen molar-refractivity contribution in [3.05, 3.63) is 23.8 Å². The number of aliphatic hydroxyl groups excluding tert-OH is 1. The Morgan fingerprint density at radius 3 is 2.22 bits per heavy atom. The molecule has 6 heteroatoms. The van der Waals surface area contributed by atoms with Gasteiger partial charge < -0.3 is 29.3 Å². The molecule has 0 bridgehead atoms. The normalized spacial score (nSPS) is 20.0. The van der Waals surface area contributed by atoms with Crippen LogP contribution in [0.1, 0.15) is 56.9 Å². The Morgan fingerprint density at radius 1 is 0.906 bits per heavy atom. The molecule has 0 spiro atoms. The number of nitrogens with zero attached hydrogens (tertiary/aromatic N) is 3. The topological polar surface area (TPSA) is 48.4 Å². The second-order valence-electron chi connectivity index (χ2n) is 9.66. The first kappa shape index (κ1) is 25.3. The second kappa shape index (κ2) is 14.0.